The Morgan fingerprint density at radius 3 is 2.77 bits per heavy atom. The lowest BCUT2D eigenvalue weighted by atomic mass is 10.0. The number of anilines is 1. The van der Waals surface area contributed by atoms with E-state index in [1.54, 1.807) is 17.0 Å². The second kappa shape index (κ2) is 8.98. The number of benzene rings is 2. The van der Waals surface area contributed by atoms with E-state index in [2.05, 4.69) is 4.90 Å². The maximum atomic E-state index is 12.8. The van der Waals surface area contributed by atoms with Gasteiger partial charge in [-0.3, -0.25) is 0 Å². The maximum absolute atomic E-state index is 12.8. The number of aryl methyl sites for hydroxylation is 1. The number of carbonyl (C=O) groups is 1. The normalized spacial score (nSPS) is 24.1. The molecule has 6 rings (SSSR count). The van der Waals surface area contributed by atoms with E-state index >= 15 is 0 Å². The fourth-order valence-electron chi connectivity index (χ4n) is 5.10. The van der Waals surface area contributed by atoms with Crippen LogP contribution in [0.3, 0.4) is 0 Å². The number of hydrogen-bond donors (Lipinski definition) is 1. The topological polar surface area (TPSA) is 97.3 Å². The summed E-state index contributed by atoms with van der Waals surface area (Å²) in [6, 6.07) is 13.2. The number of phenolic OH excluding ortho intramolecular Hbond substituents is 1. The fraction of sp³-hybridized carbons (Fsp3) is 0.423. The van der Waals surface area contributed by atoms with E-state index in [0.29, 0.717) is 50.8 Å². The molecule has 3 saturated heterocycles. The summed E-state index contributed by atoms with van der Waals surface area (Å²) in [5, 5.41) is 11.3. The van der Waals surface area contributed by atoms with Gasteiger partial charge in [0.1, 0.15) is 17.7 Å². The molecule has 0 saturated carbocycles. The highest BCUT2D eigenvalue weighted by molar-refractivity contribution is 5.92. The average Bonchev–Trinajstić information content (AvgIpc) is 3.49. The van der Waals surface area contributed by atoms with Gasteiger partial charge in [0, 0.05) is 33.0 Å². The number of nitrogens with zero attached hydrogens (tertiary/aromatic N) is 4. The van der Waals surface area contributed by atoms with Crippen LogP contribution in [0.4, 0.5) is 10.6 Å². The first kappa shape index (κ1) is 22.1. The van der Waals surface area contributed by atoms with Gasteiger partial charge in [-0.05, 0) is 43.2 Å². The molecule has 0 radical (unpaired) electrons. The molecule has 184 valence electrons. The van der Waals surface area contributed by atoms with Gasteiger partial charge in [-0.25, -0.2) is 14.8 Å². The quantitative estimate of drug-likeness (QED) is 0.610. The third-order valence-corrected chi connectivity index (χ3v) is 7.05. The Morgan fingerprint density at radius 2 is 1.94 bits per heavy atom. The molecule has 35 heavy (non-hydrogen) atoms. The number of amides is 1. The van der Waals surface area contributed by atoms with Crippen LogP contribution >= 0.6 is 0 Å². The lowest BCUT2D eigenvalue weighted by molar-refractivity contribution is -0.0907. The number of rotatable bonds is 3. The van der Waals surface area contributed by atoms with E-state index < -0.39 is 0 Å². The summed E-state index contributed by atoms with van der Waals surface area (Å²) in [4.78, 5) is 26.4. The zero-order valence-electron chi connectivity index (χ0n) is 19.6. The van der Waals surface area contributed by atoms with E-state index in [9.17, 15) is 9.90 Å². The molecule has 1 unspecified atom stereocenters. The van der Waals surface area contributed by atoms with Crippen molar-refractivity contribution in [1.82, 2.24) is 14.9 Å². The number of phenols is 1. The number of ether oxygens (including phenoxy) is 3. The predicted molar refractivity (Wildman–Crippen MR) is 131 cm³/mol. The molecule has 0 bridgehead atoms. The third-order valence-electron chi connectivity index (χ3n) is 7.05. The maximum Gasteiger partial charge on any atom is 0.410 e. The number of aromatic nitrogens is 2. The minimum atomic E-state index is -0.302. The molecule has 1 aromatic heterocycles. The van der Waals surface area contributed by atoms with E-state index in [0.717, 1.165) is 28.7 Å². The van der Waals surface area contributed by atoms with E-state index in [1.165, 1.54) is 0 Å². The van der Waals surface area contributed by atoms with Gasteiger partial charge in [0.15, 0.2) is 12.1 Å². The number of aromatic hydroxyl groups is 1. The monoisotopic (exact) mass is 478 g/mol. The molecule has 3 aliphatic heterocycles. The van der Waals surface area contributed by atoms with Crippen molar-refractivity contribution in [1.29, 1.82) is 0 Å². The van der Waals surface area contributed by atoms with Crippen LogP contribution in [0.2, 0.25) is 0 Å². The number of carbonyl (C=O) groups excluding carboxylic acids is 1. The summed E-state index contributed by atoms with van der Waals surface area (Å²) in [6.45, 7) is 5.36. The van der Waals surface area contributed by atoms with Crippen LogP contribution in [-0.4, -0.2) is 77.9 Å². The second-order valence-electron chi connectivity index (χ2n) is 9.33. The molecule has 0 aliphatic carbocycles. The number of para-hydroxylation sites is 1. The zero-order valence-corrected chi connectivity index (χ0v) is 19.6. The average molecular weight is 479 g/mol. The SMILES string of the molecule is Cc1ccc2c(N3CCN(C(=O)O[C@H]4COC5OCC[C@@H]54)CC3)nc(-c3ccccc3O)nc2c1.[HH]. The Hall–Kier alpha value is -3.43. The molecule has 0 spiro atoms. The molecule has 4 heterocycles. The highest BCUT2D eigenvalue weighted by atomic mass is 16.7. The first-order valence-electron chi connectivity index (χ1n) is 12.1. The van der Waals surface area contributed by atoms with Crippen LogP contribution in [0.25, 0.3) is 22.3 Å². The Kier molecular flexibility index (Phi) is 5.66. The highest BCUT2D eigenvalue weighted by Crippen LogP contribution is 2.34. The van der Waals surface area contributed by atoms with Crippen LogP contribution in [0.1, 0.15) is 13.4 Å². The molecular weight excluding hydrogens is 448 g/mol. The largest absolute Gasteiger partial charge is 0.507 e. The van der Waals surface area contributed by atoms with Crippen molar-refractivity contribution >= 4 is 22.8 Å². The van der Waals surface area contributed by atoms with Gasteiger partial charge < -0.3 is 29.1 Å². The van der Waals surface area contributed by atoms with E-state index in [1.807, 2.05) is 37.3 Å². The smallest absolute Gasteiger partial charge is 0.410 e. The number of hydrogen-bond acceptors (Lipinski definition) is 8. The van der Waals surface area contributed by atoms with Crippen molar-refractivity contribution in [2.45, 2.75) is 25.7 Å². The predicted octanol–water partition coefficient (Wildman–Crippen LogP) is 3.58. The van der Waals surface area contributed by atoms with Crippen LogP contribution in [0, 0.1) is 12.8 Å². The van der Waals surface area contributed by atoms with Crippen molar-refractivity contribution in [3.05, 3.63) is 48.0 Å². The molecule has 9 heteroatoms. The van der Waals surface area contributed by atoms with E-state index in [4.69, 9.17) is 24.2 Å². The van der Waals surface area contributed by atoms with E-state index in [-0.39, 0.29) is 31.6 Å². The summed E-state index contributed by atoms with van der Waals surface area (Å²) in [6.07, 6.45) is 0.0697. The van der Waals surface area contributed by atoms with Gasteiger partial charge in [0.05, 0.1) is 30.2 Å². The van der Waals surface area contributed by atoms with Crippen molar-refractivity contribution in [3.8, 4) is 17.1 Å². The first-order chi connectivity index (χ1) is 17.1. The van der Waals surface area contributed by atoms with Crippen LogP contribution < -0.4 is 4.90 Å². The highest BCUT2D eigenvalue weighted by Gasteiger charge is 2.44. The Labute approximate surface area is 204 Å². The van der Waals surface area contributed by atoms with Crippen LogP contribution in [-0.2, 0) is 14.2 Å². The molecule has 3 aliphatic rings. The minimum absolute atomic E-state index is 0. The summed E-state index contributed by atoms with van der Waals surface area (Å²) in [5.74, 6) is 1.55. The molecule has 2 aromatic carbocycles. The van der Waals surface area contributed by atoms with Gasteiger partial charge in [0.25, 0.3) is 0 Å². The van der Waals surface area contributed by atoms with Gasteiger partial charge in [0.2, 0.25) is 0 Å². The van der Waals surface area contributed by atoms with Crippen LogP contribution in [0.15, 0.2) is 42.5 Å². The number of fused-ring (bicyclic) bond motifs is 2. The number of piperazine rings is 1. The fourth-order valence-corrected chi connectivity index (χ4v) is 5.10. The lowest BCUT2D eigenvalue weighted by Crippen LogP contribution is -2.50. The Balaban J connectivity index is 0.00000267. The van der Waals surface area contributed by atoms with Gasteiger partial charge >= 0.3 is 6.09 Å². The van der Waals surface area contributed by atoms with Gasteiger partial charge in [-0.15, -0.1) is 0 Å². The Morgan fingerprint density at radius 1 is 1.11 bits per heavy atom. The van der Waals surface area contributed by atoms with Crippen LogP contribution in [0.5, 0.6) is 5.75 Å². The molecule has 3 aromatic rings. The third kappa shape index (κ3) is 4.15. The molecule has 1 N–H and O–H groups in total. The zero-order chi connectivity index (χ0) is 23.9. The summed E-state index contributed by atoms with van der Waals surface area (Å²) in [7, 11) is 0. The molecule has 1 amide bonds. The minimum Gasteiger partial charge on any atom is -0.507 e. The molecule has 3 atom stereocenters. The second-order valence-corrected chi connectivity index (χ2v) is 9.33. The molecule has 3 fully saturated rings. The van der Waals surface area contributed by atoms with Crippen molar-refractivity contribution in [2.24, 2.45) is 5.92 Å². The first-order valence-corrected chi connectivity index (χ1v) is 12.1. The summed E-state index contributed by atoms with van der Waals surface area (Å²) >= 11 is 0. The van der Waals surface area contributed by atoms with Crippen molar-refractivity contribution in [3.63, 3.8) is 0 Å². The van der Waals surface area contributed by atoms with Gasteiger partial charge in [-0.1, -0.05) is 18.2 Å². The molecular formula is C26H30N4O5. The van der Waals surface area contributed by atoms with Crippen molar-refractivity contribution < 1.29 is 25.5 Å². The Bertz CT molecular complexity index is 1270. The van der Waals surface area contributed by atoms with Crippen molar-refractivity contribution in [2.75, 3.05) is 44.3 Å². The van der Waals surface area contributed by atoms with Gasteiger partial charge in [-0.2, -0.15) is 0 Å². The summed E-state index contributed by atoms with van der Waals surface area (Å²) < 4.78 is 16.9. The standard InChI is InChI=1S/C26H28N4O5.H2/c1-16-6-7-17-20(14-16)27-23(18-4-2-3-5-21(18)31)28-24(17)29-9-11-30(12-10-29)26(32)35-22-15-34-25-19(22)8-13-33-25;/h2-7,14,19,22,25,31H,8-13,15H2,1H3;1H/t19-,22+,25?;/m1./s1. The summed E-state index contributed by atoms with van der Waals surface area (Å²) in [5.41, 5.74) is 2.51. The molecule has 9 nitrogen and oxygen atoms in total. The lowest BCUT2D eigenvalue weighted by Gasteiger charge is -2.36.